The molecule has 106 valence electrons. The van der Waals surface area contributed by atoms with Crippen molar-refractivity contribution >= 4 is 5.97 Å². The molecular formula is C16H20N2O2. The molecule has 0 spiro atoms. The summed E-state index contributed by atoms with van der Waals surface area (Å²) >= 11 is 0. The SMILES string of the molecule is CCc1ccc(-n2ccc(C(=O)OC(C)(C)C)c2)nc1. The molecule has 2 rings (SSSR count). The van der Waals surface area contributed by atoms with Crippen LogP contribution < -0.4 is 0 Å². The smallest absolute Gasteiger partial charge is 0.340 e. The van der Waals surface area contributed by atoms with Crippen LogP contribution in [0.5, 0.6) is 0 Å². The third kappa shape index (κ3) is 3.47. The molecule has 2 heterocycles. The van der Waals surface area contributed by atoms with Crippen LogP contribution in [-0.4, -0.2) is 21.1 Å². The summed E-state index contributed by atoms with van der Waals surface area (Å²) in [5.41, 5.74) is 1.23. The van der Waals surface area contributed by atoms with Crippen molar-refractivity contribution in [1.29, 1.82) is 0 Å². The molecule has 0 amide bonds. The van der Waals surface area contributed by atoms with Crippen LogP contribution in [0, 0.1) is 0 Å². The van der Waals surface area contributed by atoms with Crippen molar-refractivity contribution in [3.63, 3.8) is 0 Å². The fraction of sp³-hybridized carbons (Fsp3) is 0.375. The minimum Gasteiger partial charge on any atom is -0.456 e. The lowest BCUT2D eigenvalue weighted by molar-refractivity contribution is 0.00696. The minimum absolute atomic E-state index is 0.318. The van der Waals surface area contributed by atoms with E-state index in [0.717, 1.165) is 12.2 Å². The molecule has 0 aliphatic heterocycles. The number of hydrogen-bond acceptors (Lipinski definition) is 3. The Morgan fingerprint density at radius 3 is 2.60 bits per heavy atom. The van der Waals surface area contributed by atoms with Crippen LogP contribution >= 0.6 is 0 Å². The van der Waals surface area contributed by atoms with Gasteiger partial charge in [0.25, 0.3) is 0 Å². The van der Waals surface area contributed by atoms with E-state index >= 15 is 0 Å². The molecule has 0 saturated carbocycles. The fourth-order valence-electron chi connectivity index (χ4n) is 1.78. The number of aryl methyl sites for hydroxylation is 1. The highest BCUT2D eigenvalue weighted by Crippen LogP contribution is 2.14. The van der Waals surface area contributed by atoms with Gasteiger partial charge in [0.1, 0.15) is 11.4 Å². The predicted octanol–water partition coefficient (Wildman–Crippen LogP) is 3.39. The highest BCUT2D eigenvalue weighted by atomic mass is 16.6. The average molecular weight is 272 g/mol. The van der Waals surface area contributed by atoms with Crippen molar-refractivity contribution in [2.75, 3.05) is 0 Å². The molecule has 4 heteroatoms. The quantitative estimate of drug-likeness (QED) is 0.804. The number of pyridine rings is 1. The Morgan fingerprint density at radius 1 is 1.30 bits per heavy atom. The summed E-state index contributed by atoms with van der Waals surface area (Å²) in [6, 6.07) is 5.72. The van der Waals surface area contributed by atoms with E-state index in [-0.39, 0.29) is 5.97 Å². The molecule has 0 aliphatic carbocycles. The lowest BCUT2D eigenvalue weighted by Crippen LogP contribution is -2.23. The Bertz CT molecular complexity index is 592. The van der Waals surface area contributed by atoms with Crippen molar-refractivity contribution in [2.24, 2.45) is 0 Å². The number of ether oxygens (including phenoxy) is 1. The van der Waals surface area contributed by atoms with Crippen LogP contribution in [0.3, 0.4) is 0 Å². The molecule has 0 fully saturated rings. The van der Waals surface area contributed by atoms with Gasteiger partial charge in [0.05, 0.1) is 5.56 Å². The Labute approximate surface area is 119 Å². The van der Waals surface area contributed by atoms with E-state index in [4.69, 9.17) is 4.74 Å². The van der Waals surface area contributed by atoms with Crippen LogP contribution in [0.25, 0.3) is 5.82 Å². The van der Waals surface area contributed by atoms with Gasteiger partial charge in [-0.3, -0.25) is 0 Å². The molecule has 0 saturated heterocycles. The molecule has 4 nitrogen and oxygen atoms in total. The lowest BCUT2D eigenvalue weighted by atomic mass is 10.2. The van der Waals surface area contributed by atoms with E-state index in [1.807, 2.05) is 49.9 Å². The van der Waals surface area contributed by atoms with E-state index in [1.165, 1.54) is 5.56 Å². The zero-order valence-electron chi connectivity index (χ0n) is 12.4. The summed E-state index contributed by atoms with van der Waals surface area (Å²) in [6.45, 7) is 7.65. The van der Waals surface area contributed by atoms with Gasteiger partial charge in [-0.15, -0.1) is 0 Å². The minimum atomic E-state index is -0.486. The summed E-state index contributed by atoms with van der Waals surface area (Å²) in [4.78, 5) is 16.3. The standard InChI is InChI=1S/C16H20N2O2/c1-5-12-6-7-14(17-10-12)18-9-8-13(11-18)15(19)20-16(2,3)4/h6-11H,5H2,1-4H3. The van der Waals surface area contributed by atoms with Crippen molar-refractivity contribution in [2.45, 2.75) is 39.7 Å². The Kier molecular flexibility index (Phi) is 3.93. The number of hydrogen-bond donors (Lipinski definition) is 0. The number of rotatable bonds is 3. The average Bonchev–Trinajstić information content (AvgIpc) is 2.86. The maximum absolute atomic E-state index is 11.9. The van der Waals surface area contributed by atoms with Crippen molar-refractivity contribution in [3.05, 3.63) is 47.9 Å². The molecule has 0 radical (unpaired) electrons. The summed E-state index contributed by atoms with van der Waals surface area (Å²) < 4.78 is 7.15. The number of esters is 1. The van der Waals surface area contributed by atoms with E-state index in [1.54, 1.807) is 12.3 Å². The molecule has 2 aromatic heterocycles. The second kappa shape index (κ2) is 5.49. The summed E-state index contributed by atoms with van der Waals surface area (Å²) in [7, 11) is 0. The molecule has 0 aliphatic rings. The molecule has 0 aromatic carbocycles. The van der Waals surface area contributed by atoms with Crippen LogP contribution in [0.2, 0.25) is 0 Å². The molecule has 0 bridgehead atoms. The van der Waals surface area contributed by atoms with Crippen LogP contribution in [0.4, 0.5) is 0 Å². The van der Waals surface area contributed by atoms with E-state index in [9.17, 15) is 4.79 Å². The molecule has 0 N–H and O–H groups in total. The Hall–Kier alpha value is -2.10. The first-order valence-corrected chi connectivity index (χ1v) is 6.75. The molecule has 0 atom stereocenters. The maximum atomic E-state index is 11.9. The van der Waals surface area contributed by atoms with Gasteiger partial charge in [0.15, 0.2) is 0 Å². The second-order valence-corrected chi connectivity index (χ2v) is 5.69. The number of carbonyl (C=O) groups excluding carboxylic acids is 1. The molecule has 20 heavy (non-hydrogen) atoms. The van der Waals surface area contributed by atoms with E-state index in [2.05, 4.69) is 11.9 Å². The lowest BCUT2D eigenvalue weighted by Gasteiger charge is -2.18. The van der Waals surface area contributed by atoms with Gasteiger partial charge in [-0.1, -0.05) is 13.0 Å². The van der Waals surface area contributed by atoms with E-state index < -0.39 is 5.60 Å². The van der Waals surface area contributed by atoms with Crippen LogP contribution in [0.15, 0.2) is 36.8 Å². The van der Waals surface area contributed by atoms with E-state index in [0.29, 0.717) is 5.56 Å². The monoisotopic (exact) mass is 272 g/mol. The summed E-state index contributed by atoms with van der Waals surface area (Å²) in [5.74, 6) is 0.471. The van der Waals surface area contributed by atoms with Gasteiger partial charge in [-0.05, 0) is 44.9 Å². The van der Waals surface area contributed by atoms with Crippen molar-refractivity contribution < 1.29 is 9.53 Å². The Morgan fingerprint density at radius 2 is 2.05 bits per heavy atom. The van der Waals surface area contributed by atoms with Gasteiger partial charge in [0, 0.05) is 18.6 Å². The fourth-order valence-corrected chi connectivity index (χ4v) is 1.78. The predicted molar refractivity (Wildman–Crippen MR) is 78.1 cm³/mol. The highest BCUT2D eigenvalue weighted by molar-refractivity contribution is 5.89. The van der Waals surface area contributed by atoms with Gasteiger partial charge >= 0.3 is 5.97 Å². The van der Waals surface area contributed by atoms with Crippen LogP contribution in [0.1, 0.15) is 43.6 Å². The Balaban J connectivity index is 2.17. The third-order valence-corrected chi connectivity index (χ3v) is 2.81. The molecule has 0 unspecified atom stereocenters. The van der Waals surface area contributed by atoms with Gasteiger partial charge in [-0.2, -0.15) is 0 Å². The normalized spacial score (nSPS) is 11.4. The zero-order chi connectivity index (χ0) is 14.8. The van der Waals surface area contributed by atoms with Crippen molar-refractivity contribution in [1.82, 2.24) is 9.55 Å². The van der Waals surface area contributed by atoms with Crippen LogP contribution in [-0.2, 0) is 11.2 Å². The van der Waals surface area contributed by atoms with Gasteiger partial charge in [-0.25, -0.2) is 9.78 Å². The van der Waals surface area contributed by atoms with Gasteiger partial charge in [0.2, 0.25) is 0 Å². The first-order valence-electron chi connectivity index (χ1n) is 6.75. The topological polar surface area (TPSA) is 44.1 Å². The molecule has 2 aromatic rings. The number of aromatic nitrogens is 2. The zero-order valence-corrected chi connectivity index (χ0v) is 12.4. The largest absolute Gasteiger partial charge is 0.456 e. The molecular weight excluding hydrogens is 252 g/mol. The number of nitrogens with zero attached hydrogens (tertiary/aromatic N) is 2. The van der Waals surface area contributed by atoms with Crippen molar-refractivity contribution in [3.8, 4) is 5.82 Å². The van der Waals surface area contributed by atoms with Gasteiger partial charge < -0.3 is 9.30 Å². The maximum Gasteiger partial charge on any atom is 0.340 e. The summed E-state index contributed by atoms with van der Waals surface area (Å²) in [5, 5.41) is 0. The third-order valence-electron chi connectivity index (χ3n) is 2.81. The number of carbonyl (C=O) groups is 1. The highest BCUT2D eigenvalue weighted by Gasteiger charge is 2.18. The second-order valence-electron chi connectivity index (χ2n) is 5.69. The first kappa shape index (κ1) is 14.3. The summed E-state index contributed by atoms with van der Waals surface area (Å²) in [6.07, 6.45) is 6.36. The first-order chi connectivity index (χ1) is 9.39.